The number of hydrogen-bond acceptors (Lipinski definition) is 3. The molecule has 1 aromatic carbocycles. The highest BCUT2D eigenvalue weighted by Crippen LogP contribution is 2.15. The van der Waals surface area contributed by atoms with Gasteiger partial charge in [0.2, 0.25) is 0 Å². The quantitative estimate of drug-likeness (QED) is 0.791. The molecule has 0 N–H and O–H groups in total. The molecule has 0 saturated carbocycles. The molecular formula is C15H20F2N2O. The van der Waals surface area contributed by atoms with Gasteiger partial charge in [-0.3, -0.25) is 14.6 Å². The Morgan fingerprint density at radius 1 is 1.30 bits per heavy atom. The van der Waals surface area contributed by atoms with Gasteiger partial charge in [-0.05, 0) is 25.6 Å². The van der Waals surface area contributed by atoms with E-state index in [1.807, 2.05) is 4.90 Å². The summed E-state index contributed by atoms with van der Waals surface area (Å²) in [6.45, 7) is 7.63. The van der Waals surface area contributed by atoms with Crippen molar-refractivity contribution < 1.29 is 13.6 Å². The summed E-state index contributed by atoms with van der Waals surface area (Å²) in [6, 6.07) is 3.86. The second-order valence-corrected chi connectivity index (χ2v) is 5.23. The summed E-state index contributed by atoms with van der Waals surface area (Å²) < 4.78 is 27.1. The van der Waals surface area contributed by atoms with E-state index < -0.39 is 23.0 Å². The number of halogens is 2. The molecule has 5 heteroatoms. The third kappa shape index (κ3) is 3.22. The topological polar surface area (TPSA) is 23.6 Å². The van der Waals surface area contributed by atoms with Crippen molar-refractivity contribution in [3.05, 3.63) is 35.4 Å². The Kier molecular flexibility index (Phi) is 4.83. The lowest BCUT2D eigenvalue weighted by atomic mass is 10.1. The zero-order valence-electron chi connectivity index (χ0n) is 11.9. The molecule has 1 aliphatic heterocycles. The number of nitrogens with zero attached hydrogens (tertiary/aromatic N) is 2. The lowest BCUT2D eigenvalue weighted by Crippen LogP contribution is -2.52. The van der Waals surface area contributed by atoms with Crippen molar-refractivity contribution in [1.29, 1.82) is 0 Å². The molecule has 0 spiro atoms. The fourth-order valence-corrected chi connectivity index (χ4v) is 2.73. The molecule has 1 atom stereocenters. The van der Waals surface area contributed by atoms with Crippen LogP contribution in [-0.2, 0) is 0 Å². The standard InChI is InChI=1S/C15H20F2N2O/c1-3-19-8-7-18(9-11(19)2)10-14(20)15-12(16)5-4-6-13(15)17/h4-6,11H,3,7-10H2,1-2H3. The highest BCUT2D eigenvalue weighted by atomic mass is 19.1. The predicted molar refractivity (Wildman–Crippen MR) is 73.8 cm³/mol. The fourth-order valence-electron chi connectivity index (χ4n) is 2.73. The van der Waals surface area contributed by atoms with E-state index in [0.717, 1.165) is 38.3 Å². The minimum absolute atomic E-state index is 0.0692. The molecule has 0 radical (unpaired) electrons. The van der Waals surface area contributed by atoms with Crippen molar-refractivity contribution in [2.75, 3.05) is 32.7 Å². The number of benzene rings is 1. The van der Waals surface area contributed by atoms with Gasteiger partial charge >= 0.3 is 0 Å². The molecule has 20 heavy (non-hydrogen) atoms. The molecule has 110 valence electrons. The van der Waals surface area contributed by atoms with Crippen LogP contribution in [0.4, 0.5) is 8.78 Å². The summed E-state index contributed by atoms with van der Waals surface area (Å²) in [5.41, 5.74) is -0.418. The van der Waals surface area contributed by atoms with Gasteiger partial charge in [-0.25, -0.2) is 8.78 Å². The van der Waals surface area contributed by atoms with E-state index in [9.17, 15) is 13.6 Å². The van der Waals surface area contributed by atoms with Crippen molar-refractivity contribution in [2.45, 2.75) is 19.9 Å². The van der Waals surface area contributed by atoms with Crippen LogP contribution in [0.1, 0.15) is 24.2 Å². The van der Waals surface area contributed by atoms with E-state index in [1.54, 1.807) is 0 Å². The Bertz CT molecular complexity index is 473. The van der Waals surface area contributed by atoms with Crippen molar-refractivity contribution in [3.63, 3.8) is 0 Å². The maximum Gasteiger partial charge on any atom is 0.182 e. The predicted octanol–water partition coefficient (Wildman–Crippen LogP) is 2.17. The van der Waals surface area contributed by atoms with Crippen molar-refractivity contribution >= 4 is 5.78 Å². The van der Waals surface area contributed by atoms with Crippen LogP contribution in [0.3, 0.4) is 0 Å². The van der Waals surface area contributed by atoms with Crippen LogP contribution in [-0.4, -0.2) is 54.3 Å². The van der Waals surface area contributed by atoms with Crippen LogP contribution in [0.2, 0.25) is 0 Å². The number of rotatable bonds is 4. The van der Waals surface area contributed by atoms with Crippen LogP contribution < -0.4 is 0 Å². The minimum atomic E-state index is -0.782. The maximum atomic E-state index is 13.6. The van der Waals surface area contributed by atoms with Crippen LogP contribution in [0.5, 0.6) is 0 Å². The molecule has 1 heterocycles. The van der Waals surface area contributed by atoms with Gasteiger partial charge in [0.05, 0.1) is 12.1 Å². The molecule has 2 rings (SSSR count). The zero-order valence-corrected chi connectivity index (χ0v) is 11.9. The van der Waals surface area contributed by atoms with E-state index in [4.69, 9.17) is 0 Å². The number of ketones is 1. The van der Waals surface area contributed by atoms with Gasteiger partial charge in [-0.15, -0.1) is 0 Å². The number of Topliss-reactive ketones (excluding diaryl/α,β-unsaturated/α-hetero) is 1. The normalized spacial score (nSPS) is 21.1. The van der Waals surface area contributed by atoms with Gasteiger partial charge in [0.25, 0.3) is 0 Å². The lowest BCUT2D eigenvalue weighted by Gasteiger charge is -2.39. The summed E-state index contributed by atoms with van der Waals surface area (Å²) in [5, 5.41) is 0. The first kappa shape index (κ1) is 15.1. The van der Waals surface area contributed by atoms with Crippen LogP contribution in [0.15, 0.2) is 18.2 Å². The van der Waals surface area contributed by atoms with E-state index in [1.165, 1.54) is 6.07 Å². The second kappa shape index (κ2) is 6.41. The lowest BCUT2D eigenvalue weighted by molar-refractivity contribution is 0.0717. The van der Waals surface area contributed by atoms with E-state index >= 15 is 0 Å². The van der Waals surface area contributed by atoms with Gasteiger partial charge < -0.3 is 0 Å². The average molecular weight is 282 g/mol. The Morgan fingerprint density at radius 3 is 2.50 bits per heavy atom. The van der Waals surface area contributed by atoms with Crippen molar-refractivity contribution in [3.8, 4) is 0 Å². The van der Waals surface area contributed by atoms with Crippen LogP contribution >= 0.6 is 0 Å². The van der Waals surface area contributed by atoms with E-state index in [2.05, 4.69) is 18.7 Å². The highest BCUT2D eigenvalue weighted by molar-refractivity contribution is 5.98. The SMILES string of the molecule is CCN1CCN(CC(=O)c2c(F)cccc2F)CC1C. The van der Waals surface area contributed by atoms with E-state index in [-0.39, 0.29) is 6.54 Å². The third-order valence-electron chi connectivity index (χ3n) is 3.86. The molecule has 1 aliphatic rings. The first-order valence-corrected chi connectivity index (χ1v) is 6.96. The van der Waals surface area contributed by atoms with Crippen molar-refractivity contribution in [1.82, 2.24) is 9.80 Å². The Balaban J connectivity index is 2.02. The van der Waals surface area contributed by atoms with Gasteiger partial charge in [0, 0.05) is 25.7 Å². The molecule has 0 amide bonds. The smallest absolute Gasteiger partial charge is 0.182 e. The molecule has 3 nitrogen and oxygen atoms in total. The third-order valence-corrected chi connectivity index (χ3v) is 3.86. The molecule has 1 saturated heterocycles. The van der Waals surface area contributed by atoms with Gasteiger partial charge in [-0.2, -0.15) is 0 Å². The van der Waals surface area contributed by atoms with E-state index in [0.29, 0.717) is 6.04 Å². The molecule has 1 aromatic rings. The molecule has 0 aromatic heterocycles. The first-order chi connectivity index (χ1) is 9.52. The molecule has 0 bridgehead atoms. The summed E-state index contributed by atoms with van der Waals surface area (Å²) in [6.07, 6.45) is 0. The number of piperazine rings is 1. The zero-order chi connectivity index (χ0) is 14.7. The number of likely N-dealkylation sites (N-methyl/N-ethyl adjacent to an activating group) is 1. The summed E-state index contributed by atoms with van der Waals surface area (Å²) in [7, 11) is 0. The summed E-state index contributed by atoms with van der Waals surface area (Å²) >= 11 is 0. The number of carbonyl (C=O) groups excluding carboxylic acids is 1. The summed E-state index contributed by atoms with van der Waals surface area (Å²) in [4.78, 5) is 16.4. The number of carbonyl (C=O) groups is 1. The first-order valence-electron chi connectivity index (χ1n) is 6.96. The van der Waals surface area contributed by atoms with Crippen molar-refractivity contribution in [2.24, 2.45) is 0 Å². The van der Waals surface area contributed by atoms with Gasteiger partial charge in [-0.1, -0.05) is 13.0 Å². The van der Waals surface area contributed by atoms with Crippen LogP contribution in [0.25, 0.3) is 0 Å². The van der Waals surface area contributed by atoms with Gasteiger partial charge in [0.1, 0.15) is 11.6 Å². The molecule has 0 aliphatic carbocycles. The number of hydrogen-bond donors (Lipinski definition) is 0. The molecule has 1 fully saturated rings. The molecular weight excluding hydrogens is 262 g/mol. The minimum Gasteiger partial charge on any atom is -0.298 e. The Morgan fingerprint density at radius 2 is 1.95 bits per heavy atom. The average Bonchev–Trinajstić information content (AvgIpc) is 2.38. The maximum absolute atomic E-state index is 13.6. The Hall–Kier alpha value is -1.33. The fraction of sp³-hybridized carbons (Fsp3) is 0.533. The summed E-state index contributed by atoms with van der Waals surface area (Å²) in [5.74, 6) is -2.05. The monoisotopic (exact) mass is 282 g/mol. The highest BCUT2D eigenvalue weighted by Gasteiger charge is 2.25. The largest absolute Gasteiger partial charge is 0.298 e. The molecule has 1 unspecified atom stereocenters. The second-order valence-electron chi connectivity index (χ2n) is 5.23. The van der Waals surface area contributed by atoms with Gasteiger partial charge in [0.15, 0.2) is 5.78 Å². The van der Waals surface area contributed by atoms with Crippen LogP contribution in [0, 0.1) is 11.6 Å². The Labute approximate surface area is 118 Å².